The van der Waals surface area contributed by atoms with E-state index >= 15 is 0 Å². The molecule has 162 valence electrons. The maximum absolute atomic E-state index is 12.6. The first kappa shape index (κ1) is 22.1. The van der Waals surface area contributed by atoms with Gasteiger partial charge in [-0.2, -0.15) is 13.2 Å². The summed E-state index contributed by atoms with van der Waals surface area (Å²) in [7, 11) is -8.01. The van der Waals surface area contributed by atoms with Crippen LogP contribution in [0.1, 0.15) is 18.1 Å². The van der Waals surface area contributed by atoms with Crippen molar-refractivity contribution in [2.45, 2.75) is 24.9 Å². The predicted octanol–water partition coefficient (Wildman–Crippen LogP) is 3.13. The molecule has 0 saturated carbocycles. The summed E-state index contributed by atoms with van der Waals surface area (Å²) >= 11 is 0. The van der Waals surface area contributed by atoms with Crippen molar-refractivity contribution >= 4 is 37.3 Å². The average Bonchev–Trinajstić information content (AvgIpc) is 2.81. The zero-order chi connectivity index (χ0) is 22.5. The number of anilines is 2. The molecule has 7 nitrogen and oxygen atoms in total. The molecular formula is C18H17F3N2O5S2. The Bertz CT molecular complexity index is 1210. The van der Waals surface area contributed by atoms with Crippen molar-refractivity contribution in [3.8, 4) is 0 Å². The summed E-state index contributed by atoms with van der Waals surface area (Å²) in [6, 6.07) is 7.07. The lowest BCUT2D eigenvalue weighted by molar-refractivity contribution is -0.137. The van der Waals surface area contributed by atoms with Crippen LogP contribution in [-0.4, -0.2) is 28.5 Å². The van der Waals surface area contributed by atoms with Crippen molar-refractivity contribution < 1.29 is 34.8 Å². The van der Waals surface area contributed by atoms with Gasteiger partial charge in [0.05, 0.1) is 27.8 Å². The minimum atomic E-state index is -4.55. The Morgan fingerprint density at radius 3 is 2.17 bits per heavy atom. The molecule has 0 spiro atoms. The van der Waals surface area contributed by atoms with Crippen molar-refractivity contribution in [2.75, 3.05) is 14.8 Å². The summed E-state index contributed by atoms with van der Waals surface area (Å²) in [6.45, 7) is 2.90. The normalized spacial score (nSPS) is 19.2. The summed E-state index contributed by atoms with van der Waals surface area (Å²) in [4.78, 5) is 12.0. The minimum absolute atomic E-state index is 0.0235. The van der Waals surface area contributed by atoms with E-state index in [1.807, 2.05) is 0 Å². The fourth-order valence-electron chi connectivity index (χ4n) is 3.09. The molecule has 0 bridgehead atoms. The highest BCUT2D eigenvalue weighted by Crippen LogP contribution is 2.32. The molecule has 1 amide bonds. The number of carbonyl (C=O) groups is 1. The SMILES string of the molecule is Cc1cc(N2C(=O)C(C)CS2(=O)=O)ccc1S(=O)(=O)Nc1ccc(C(F)(F)F)cc1. The van der Waals surface area contributed by atoms with Crippen LogP contribution in [0, 0.1) is 12.8 Å². The van der Waals surface area contributed by atoms with Crippen molar-refractivity contribution in [1.82, 2.24) is 0 Å². The van der Waals surface area contributed by atoms with Gasteiger partial charge >= 0.3 is 6.18 Å². The van der Waals surface area contributed by atoms with Crippen molar-refractivity contribution in [3.63, 3.8) is 0 Å². The Hall–Kier alpha value is -2.60. The Balaban J connectivity index is 1.90. The molecule has 1 unspecified atom stereocenters. The standard InChI is InChI=1S/C18H17F3N2O5S2/c1-11-9-15(23-17(24)12(2)10-29(23,25)26)7-8-16(11)30(27,28)22-14-5-3-13(4-6-14)18(19,20)21/h3-9,12,22H,10H2,1-2H3. The molecule has 12 heteroatoms. The number of hydrogen-bond donors (Lipinski definition) is 1. The van der Waals surface area contributed by atoms with Crippen molar-refractivity contribution in [3.05, 3.63) is 53.6 Å². The second kappa shape index (κ2) is 7.27. The molecule has 1 heterocycles. The lowest BCUT2D eigenvalue weighted by Crippen LogP contribution is -2.30. The molecule has 0 aliphatic carbocycles. The van der Waals surface area contributed by atoms with E-state index in [0.717, 1.165) is 30.3 Å². The van der Waals surface area contributed by atoms with Crippen LogP contribution in [0.2, 0.25) is 0 Å². The number of nitrogens with one attached hydrogen (secondary N) is 1. The molecule has 0 radical (unpaired) electrons. The highest BCUT2D eigenvalue weighted by molar-refractivity contribution is 7.94. The minimum Gasteiger partial charge on any atom is -0.280 e. The number of halogens is 3. The summed E-state index contributed by atoms with van der Waals surface area (Å²) in [5.74, 6) is -1.65. The fraction of sp³-hybridized carbons (Fsp3) is 0.278. The Kier molecular flexibility index (Phi) is 5.35. The third kappa shape index (κ3) is 4.15. The second-order valence-electron chi connectivity index (χ2n) is 6.91. The van der Waals surface area contributed by atoms with Crippen LogP contribution in [-0.2, 0) is 31.0 Å². The van der Waals surface area contributed by atoms with Gasteiger partial charge in [-0.15, -0.1) is 0 Å². The molecule has 3 rings (SSSR count). The molecule has 1 N–H and O–H groups in total. The van der Waals surface area contributed by atoms with Gasteiger partial charge in [0.25, 0.3) is 10.0 Å². The zero-order valence-electron chi connectivity index (χ0n) is 15.8. The Morgan fingerprint density at radius 1 is 1.10 bits per heavy atom. The molecular weight excluding hydrogens is 445 g/mol. The third-order valence-electron chi connectivity index (χ3n) is 4.51. The number of rotatable bonds is 4. The molecule has 1 fully saturated rings. The maximum atomic E-state index is 12.6. The van der Waals surface area contributed by atoms with E-state index in [0.29, 0.717) is 4.31 Å². The molecule has 1 aliphatic rings. The Morgan fingerprint density at radius 2 is 1.70 bits per heavy atom. The molecule has 0 aromatic heterocycles. The summed E-state index contributed by atoms with van der Waals surface area (Å²) < 4.78 is 90.5. The number of amides is 1. The molecule has 2 aromatic carbocycles. The summed E-state index contributed by atoms with van der Waals surface area (Å²) in [6.07, 6.45) is -4.55. The van der Waals surface area contributed by atoms with E-state index in [9.17, 15) is 34.8 Å². The summed E-state index contributed by atoms with van der Waals surface area (Å²) in [5, 5.41) is 0. The number of nitrogens with zero attached hydrogens (tertiary/aromatic N) is 1. The molecule has 30 heavy (non-hydrogen) atoms. The van der Waals surface area contributed by atoms with Crippen LogP contribution < -0.4 is 9.03 Å². The van der Waals surface area contributed by atoms with E-state index in [1.165, 1.54) is 26.0 Å². The van der Waals surface area contributed by atoms with Crippen LogP contribution in [0.15, 0.2) is 47.4 Å². The van der Waals surface area contributed by atoms with Gasteiger partial charge in [-0.3, -0.25) is 9.52 Å². The Labute approximate surface area is 171 Å². The highest BCUT2D eigenvalue weighted by Gasteiger charge is 2.42. The fourth-order valence-corrected chi connectivity index (χ4v) is 6.18. The first-order valence-corrected chi connectivity index (χ1v) is 11.7. The van der Waals surface area contributed by atoms with Gasteiger partial charge in [0.15, 0.2) is 0 Å². The van der Waals surface area contributed by atoms with Gasteiger partial charge in [0.1, 0.15) is 0 Å². The maximum Gasteiger partial charge on any atom is 0.416 e. The molecule has 1 atom stereocenters. The smallest absolute Gasteiger partial charge is 0.280 e. The number of sulfonamides is 2. The van der Waals surface area contributed by atoms with Crippen LogP contribution in [0.25, 0.3) is 0 Å². The van der Waals surface area contributed by atoms with Crippen LogP contribution in [0.5, 0.6) is 0 Å². The molecule has 1 aliphatic heterocycles. The number of benzene rings is 2. The van der Waals surface area contributed by atoms with Crippen LogP contribution in [0.3, 0.4) is 0 Å². The van der Waals surface area contributed by atoms with Gasteiger partial charge < -0.3 is 0 Å². The quantitative estimate of drug-likeness (QED) is 0.753. The van der Waals surface area contributed by atoms with Crippen LogP contribution >= 0.6 is 0 Å². The first-order chi connectivity index (χ1) is 13.7. The van der Waals surface area contributed by atoms with E-state index in [-0.39, 0.29) is 27.6 Å². The summed E-state index contributed by atoms with van der Waals surface area (Å²) in [5.41, 5.74) is -0.806. The van der Waals surface area contributed by atoms with Gasteiger partial charge in [-0.1, -0.05) is 6.92 Å². The molecule has 1 saturated heterocycles. The molecule has 2 aromatic rings. The number of alkyl halides is 3. The predicted molar refractivity (Wildman–Crippen MR) is 104 cm³/mol. The van der Waals surface area contributed by atoms with Gasteiger partial charge in [-0.05, 0) is 55.0 Å². The number of hydrogen-bond acceptors (Lipinski definition) is 5. The second-order valence-corrected chi connectivity index (χ2v) is 10.4. The van der Waals surface area contributed by atoms with Gasteiger partial charge in [0.2, 0.25) is 15.9 Å². The lowest BCUT2D eigenvalue weighted by Gasteiger charge is -2.17. The van der Waals surface area contributed by atoms with Crippen LogP contribution in [0.4, 0.5) is 24.5 Å². The third-order valence-corrected chi connectivity index (χ3v) is 7.92. The van der Waals surface area contributed by atoms with E-state index < -0.39 is 43.6 Å². The zero-order valence-corrected chi connectivity index (χ0v) is 17.4. The van der Waals surface area contributed by atoms with Crippen molar-refractivity contribution in [2.24, 2.45) is 5.92 Å². The topological polar surface area (TPSA) is 101 Å². The monoisotopic (exact) mass is 462 g/mol. The van der Waals surface area contributed by atoms with Gasteiger partial charge in [0, 0.05) is 5.69 Å². The average molecular weight is 462 g/mol. The van der Waals surface area contributed by atoms with E-state index in [1.54, 1.807) is 0 Å². The number of aryl methyl sites for hydroxylation is 1. The lowest BCUT2D eigenvalue weighted by atomic mass is 10.2. The van der Waals surface area contributed by atoms with Gasteiger partial charge in [-0.25, -0.2) is 21.1 Å². The van der Waals surface area contributed by atoms with E-state index in [2.05, 4.69) is 4.72 Å². The highest BCUT2D eigenvalue weighted by atomic mass is 32.2. The van der Waals surface area contributed by atoms with E-state index in [4.69, 9.17) is 0 Å². The number of carbonyl (C=O) groups excluding carboxylic acids is 1. The largest absolute Gasteiger partial charge is 0.416 e. The van der Waals surface area contributed by atoms with Crippen molar-refractivity contribution in [1.29, 1.82) is 0 Å². The first-order valence-electron chi connectivity index (χ1n) is 8.60.